The molecule has 6 nitrogen and oxygen atoms in total. The molecule has 0 bridgehead atoms. The van der Waals surface area contributed by atoms with E-state index >= 15 is 0 Å². The van der Waals surface area contributed by atoms with Gasteiger partial charge in [-0.25, -0.2) is 9.78 Å². The minimum absolute atomic E-state index is 0.192. The Morgan fingerprint density at radius 3 is 2.67 bits per heavy atom. The van der Waals surface area contributed by atoms with E-state index < -0.39 is 6.16 Å². The van der Waals surface area contributed by atoms with Crippen molar-refractivity contribution in [2.45, 2.75) is 18.8 Å². The number of carbonyl (C=O) groups is 1. The standard InChI is InChI=1S/C15H15N3O3/c1-20-15(19)21-13-9-12(10-7-8-10)17-14(18-13)16-11-5-3-2-4-6-11/h2-6,9-10H,7-8H2,1H3,(H,16,17,18). The van der Waals surface area contributed by atoms with Gasteiger partial charge >= 0.3 is 6.16 Å². The summed E-state index contributed by atoms with van der Waals surface area (Å²) in [5.41, 5.74) is 1.75. The second-order valence-electron chi connectivity index (χ2n) is 4.78. The zero-order valence-corrected chi connectivity index (χ0v) is 11.6. The zero-order valence-electron chi connectivity index (χ0n) is 11.6. The van der Waals surface area contributed by atoms with Crippen molar-refractivity contribution >= 4 is 17.8 Å². The Kier molecular flexibility index (Phi) is 3.68. The summed E-state index contributed by atoms with van der Waals surface area (Å²) in [6, 6.07) is 11.3. The average molecular weight is 285 g/mol. The van der Waals surface area contributed by atoms with Crippen LogP contribution in [0.3, 0.4) is 0 Å². The van der Waals surface area contributed by atoms with Crippen LogP contribution in [-0.2, 0) is 4.74 Å². The number of hydrogen-bond donors (Lipinski definition) is 1. The van der Waals surface area contributed by atoms with Crippen molar-refractivity contribution in [1.82, 2.24) is 9.97 Å². The third kappa shape index (κ3) is 3.47. The van der Waals surface area contributed by atoms with Gasteiger partial charge in [0.25, 0.3) is 0 Å². The van der Waals surface area contributed by atoms with Crippen LogP contribution in [0.1, 0.15) is 24.5 Å². The van der Waals surface area contributed by atoms with Gasteiger partial charge in [-0.15, -0.1) is 0 Å². The summed E-state index contributed by atoms with van der Waals surface area (Å²) in [5.74, 6) is 1.02. The number of methoxy groups -OCH3 is 1. The minimum atomic E-state index is -0.791. The molecular formula is C15H15N3O3. The molecule has 2 aromatic rings. The Bertz CT molecular complexity index is 642. The van der Waals surface area contributed by atoms with Gasteiger partial charge in [-0.1, -0.05) is 18.2 Å². The predicted octanol–water partition coefficient (Wildman–Crippen LogP) is 3.24. The topological polar surface area (TPSA) is 73.3 Å². The van der Waals surface area contributed by atoms with Crippen LogP contribution >= 0.6 is 0 Å². The molecule has 3 rings (SSSR count). The summed E-state index contributed by atoms with van der Waals surface area (Å²) in [6.45, 7) is 0. The molecule has 1 aliphatic carbocycles. The maximum atomic E-state index is 11.2. The molecule has 0 aliphatic heterocycles. The average Bonchev–Trinajstić information content (AvgIpc) is 3.32. The summed E-state index contributed by atoms with van der Waals surface area (Å²) in [4.78, 5) is 19.9. The molecular weight excluding hydrogens is 270 g/mol. The summed E-state index contributed by atoms with van der Waals surface area (Å²) in [6.07, 6.45) is 1.40. The fourth-order valence-electron chi connectivity index (χ4n) is 1.92. The van der Waals surface area contributed by atoms with E-state index in [1.807, 2.05) is 30.3 Å². The van der Waals surface area contributed by atoms with Gasteiger partial charge in [0.15, 0.2) is 0 Å². The van der Waals surface area contributed by atoms with Crippen LogP contribution in [0.4, 0.5) is 16.4 Å². The number of rotatable bonds is 4. The number of anilines is 2. The smallest absolute Gasteiger partial charge is 0.437 e. The minimum Gasteiger partial charge on any atom is -0.437 e. The fourth-order valence-corrected chi connectivity index (χ4v) is 1.92. The molecule has 0 unspecified atom stereocenters. The summed E-state index contributed by atoms with van der Waals surface area (Å²) >= 11 is 0. The van der Waals surface area contributed by atoms with Crippen molar-refractivity contribution < 1.29 is 14.3 Å². The molecule has 0 atom stereocenters. The SMILES string of the molecule is COC(=O)Oc1cc(C2CC2)nc(Nc2ccccc2)n1. The van der Waals surface area contributed by atoms with Crippen molar-refractivity contribution in [3.8, 4) is 5.88 Å². The quantitative estimate of drug-likeness (QED) is 0.869. The molecule has 1 fully saturated rings. The highest BCUT2D eigenvalue weighted by Crippen LogP contribution is 2.40. The largest absolute Gasteiger partial charge is 0.514 e. The maximum Gasteiger partial charge on any atom is 0.514 e. The molecule has 6 heteroatoms. The molecule has 1 aliphatic rings. The number of hydrogen-bond acceptors (Lipinski definition) is 6. The third-order valence-electron chi connectivity index (χ3n) is 3.10. The van der Waals surface area contributed by atoms with Crippen LogP contribution in [0.15, 0.2) is 36.4 Å². The van der Waals surface area contributed by atoms with Crippen LogP contribution < -0.4 is 10.1 Å². The first kappa shape index (κ1) is 13.4. The van der Waals surface area contributed by atoms with E-state index in [4.69, 9.17) is 4.74 Å². The molecule has 108 valence electrons. The van der Waals surface area contributed by atoms with Gasteiger partial charge < -0.3 is 14.8 Å². The molecule has 1 N–H and O–H groups in total. The number of aromatic nitrogens is 2. The van der Waals surface area contributed by atoms with Gasteiger partial charge in [-0.2, -0.15) is 4.98 Å². The Hall–Kier alpha value is -2.63. The third-order valence-corrected chi connectivity index (χ3v) is 3.10. The number of carbonyl (C=O) groups excluding carboxylic acids is 1. The summed E-state index contributed by atoms with van der Waals surface area (Å²) in [7, 11) is 1.26. The zero-order chi connectivity index (χ0) is 14.7. The highest BCUT2D eigenvalue weighted by molar-refractivity contribution is 5.63. The first-order valence-electron chi connectivity index (χ1n) is 6.71. The van der Waals surface area contributed by atoms with Crippen molar-refractivity contribution in [2.75, 3.05) is 12.4 Å². The lowest BCUT2D eigenvalue weighted by Crippen LogP contribution is -2.10. The van der Waals surface area contributed by atoms with Crippen LogP contribution in [0.2, 0.25) is 0 Å². The monoisotopic (exact) mass is 285 g/mol. The second kappa shape index (κ2) is 5.78. The van der Waals surface area contributed by atoms with E-state index in [1.165, 1.54) is 7.11 Å². The van der Waals surface area contributed by atoms with E-state index in [1.54, 1.807) is 6.07 Å². The molecule has 0 spiro atoms. The maximum absolute atomic E-state index is 11.2. The fraction of sp³-hybridized carbons (Fsp3) is 0.267. The number of nitrogens with zero attached hydrogens (tertiary/aromatic N) is 2. The molecule has 1 saturated carbocycles. The Morgan fingerprint density at radius 1 is 1.24 bits per heavy atom. The van der Waals surface area contributed by atoms with E-state index in [0.717, 1.165) is 24.2 Å². The van der Waals surface area contributed by atoms with Gasteiger partial charge in [0.05, 0.1) is 12.8 Å². The molecule has 0 saturated heterocycles. The van der Waals surface area contributed by atoms with E-state index in [0.29, 0.717) is 11.9 Å². The molecule has 1 heterocycles. The van der Waals surface area contributed by atoms with E-state index in [9.17, 15) is 4.79 Å². The van der Waals surface area contributed by atoms with Crippen LogP contribution in [0, 0.1) is 0 Å². The van der Waals surface area contributed by atoms with E-state index in [2.05, 4.69) is 20.0 Å². The normalized spacial score (nSPS) is 13.6. The molecule has 0 amide bonds. The van der Waals surface area contributed by atoms with Crippen molar-refractivity contribution in [3.05, 3.63) is 42.1 Å². The van der Waals surface area contributed by atoms with Crippen molar-refractivity contribution in [1.29, 1.82) is 0 Å². The Morgan fingerprint density at radius 2 is 2.00 bits per heavy atom. The van der Waals surface area contributed by atoms with E-state index in [-0.39, 0.29) is 5.88 Å². The number of para-hydroxylation sites is 1. The first-order valence-corrected chi connectivity index (χ1v) is 6.71. The van der Waals surface area contributed by atoms with Gasteiger partial charge in [0, 0.05) is 17.7 Å². The van der Waals surface area contributed by atoms with Gasteiger partial charge in [0.2, 0.25) is 11.8 Å². The Balaban J connectivity index is 1.86. The summed E-state index contributed by atoms with van der Waals surface area (Å²) in [5, 5.41) is 3.10. The van der Waals surface area contributed by atoms with Crippen LogP contribution in [-0.4, -0.2) is 23.2 Å². The van der Waals surface area contributed by atoms with Crippen LogP contribution in [0.25, 0.3) is 0 Å². The van der Waals surface area contributed by atoms with Gasteiger partial charge in [-0.05, 0) is 25.0 Å². The van der Waals surface area contributed by atoms with Crippen LogP contribution in [0.5, 0.6) is 5.88 Å². The molecule has 0 radical (unpaired) electrons. The molecule has 1 aromatic heterocycles. The lowest BCUT2D eigenvalue weighted by Gasteiger charge is -2.09. The number of nitrogens with one attached hydrogen (secondary N) is 1. The summed E-state index contributed by atoms with van der Waals surface area (Å²) < 4.78 is 9.49. The lowest BCUT2D eigenvalue weighted by atomic mass is 10.3. The van der Waals surface area contributed by atoms with Gasteiger partial charge in [0.1, 0.15) is 0 Å². The second-order valence-corrected chi connectivity index (χ2v) is 4.78. The number of benzene rings is 1. The predicted molar refractivity (Wildman–Crippen MR) is 76.8 cm³/mol. The lowest BCUT2D eigenvalue weighted by molar-refractivity contribution is 0.119. The molecule has 21 heavy (non-hydrogen) atoms. The first-order chi connectivity index (χ1) is 10.2. The highest BCUT2D eigenvalue weighted by Gasteiger charge is 2.27. The Labute approximate surface area is 122 Å². The van der Waals surface area contributed by atoms with Crippen molar-refractivity contribution in [2.24, 2.45) is 0 Å². The van der Waals surface area contributed by atoms with Crippen molar-refractivity contribution in [3.63, 3.8) is 0 Å². The highest BCUT2D eigenvalue weighted by atomic mass is 16.7. The molecule has 1 aromatic carbocycles. The number of ether oxygens (including phenoxy) is 2. The van der Waals surface area contributed by atoms with Gasteiger partial charge in [-0.3, -0.25) is 0 Å².